The Morgan fingerprint density at radius 1 is 1.28 bits per heavy atom. The summed E-state index contributed by atoms with van der Waals surface area (Å²) in [5, 5.41) is 11.8. The van der Waals surface area contributed by atoms with Gasteiger partial charge >= 0.3 is 5.97 Å². The molecule has 0 saturated heterocycles. The first-order valence-corrected chi connectivity index (χ1v) is 6.92. The van der Waals surface area contributed by atoms with Crippen LogP contribution in [0, 0.1) is 0 Å². The number of carboxylic acid groups (broad SMARTS) is 1. The summed E-state index contributed by atoms with van der Waals surface area (Å²) in [7, 11) is 0. The number of nitrogens with one attached hydrogen (secondary N) is 1. The first-order chi connectivity index (χ1) is 8.59. The number of hydrogen-bond acceptors (Lipinski definition) is 3. The summed E-state index contributed by atoms with van der Waals surface area (Å²) in [6, 6.07) is 7.47. The number of hydrogen-bond donors (Lipinski definition) is 2. The molecule has 98 valence electrons. The highest BCUT2D eigenvalue weighted by molar-refractivity contribution is 8.00. The number of thioether (sulfide) groups is 1. The van der Waals surface area contributed by atoms with Gasteiger partial charge in [-0.25, -0.2) is 0 Å². The second kappa shape index (κ2) is 8.00. The lowest BCUT2D eigenvalue weighted by Crippen LogP contribution is -2.27. The lowest BCUT2D eigenvalue weighted by molar-refractivity contribution is -0.133. The predicted molar refractivity (Wildman–Crippen MR) is 73.1 cm³/mol. The van der Waals surface area contributed by atoms with E-state index in [0.717, 1.165) is 17.3 Å². The Morgan fingerprint density at radius 3 is 2.67 bits per heavy atom. The van der Waals surface area contributed by atoms with E-state index in [9.17, 15) is 9.59 Å². The summed E-state index contributed by atoms with van der Waals surface area (Å²) < 4.78 is 0. The lowest BCUT2D eigenvalue weighted by atomic mass is 10.1. The SMILES string of the molecule is O=C(O)CSCC(=O)NCCc1ccccc1Cl. The van der Waals surface area contributed by atoms with Gasteiger partial charge in [0.25, 0.3) is 0 Å². The van der Waals surface area contributed by atoms with Gasteiger partial charge < -0.3 is 10.4 Å². The zero-order chi connectivity index (χ0) is 13.4. The number of aliphatic carboxylic acids is 1. The Morgan fingerprint density at radius 2 is 2.00 bits per heavy atom. The molecule has 2 N–H and O–H groups in total. The molecule has 0 saturated carbocycles. The van der Waals surface area contributed by atoms with Crippen molar-refractivity contribution in [1.29, 1.82) is 0 Å². The van der Waals surface area contributed by atoms with Crippen LogP contribution in [0.15, 0.2) is 24.3 Å². The molecule has 0 spiro atoms. The van der Waals surface area contributed by atoms with Crippen LogP contribution in [0.2, 0.25) is 5.02 Å². The van der Waals surface area contributed by atoms with Crippen LogP contribution in [0.4, 0.5) is 0 Å². The average molecular weight is 288 g/mol. The summed E-state index contributed by atoms with van der Waals surface area (Å²) in [6.45, 7) is 0.496. The molecule has 0 aliphatic heterocycles. The van der Waals surface area contributed by atoms with Crippen LogP contribution in [0.5, 0.6) is 0 Å². The van der Waals surface area contributed by atoms with E-state index < -0.39 is 5.97 Å². The quantitative estimate of drug-likeness (QED) is 0.803. The Balaban J connectivity index is 2.20. The minimum Gasteiger partial charge on any atom is -0.481 e. The zero-order valence-electron chi connectivity index (χ0n) is 9.69. The smallest absolute Gasteiger partial charge is 0.313 e. The summed E-state index contributed by atoms with van der Waals surface area (Å²) in [4.78, 5) is 21.6. The van der Waals surface area contributed by atoms with E-state index in [4.69, 9.17) is 16.7 Å². The summed E-state index contributed by atoms with van der Waals surface area (Å²) >= 11 is 7.06. The maximum atomic E-state index is 11.3. The average Bonchev–Trinajstić information content (AvgIpc) is 2.31. The van der Waals surface area contributed by atoms with Crippen molar-refractivity contribution in [3.8, 4) is 0 Å². The van der Waals surface area contributed by atoms with Crippen molar-refractivity contribution in [2.75, 3.05) is 18.1 Å². The molecule has 6 heteroatoms. The van der Waals surface area contributed by atoms with Gasteiger partial charge in [0.1, 0.15) is 0 Å². The van der Waals surface area contributed by atoms with Crippen LogP contribution in [-0.2, 0) is 16.0 Å². The van der Waals surface area contributed by atoms with Crippen LogP contribution in [0.3, 0.4) is 0 Å². The van der Waals surface area contributed by atoms with E-state index in [1.165, 1.54) is 0 Å². The molecule has 0 radical (unpaired) electrons. The van der Waals surface area contributed by atoms with E-state index in [2.05, 4.69) is 5.32 Å². The van der Waals surface area contributed by atoms with Gasteiger partial charge in [-0.05, 0) is 18.1 Å². The van der Waals surface area contributed by atoms with Crippen LogP contribution < -0.4 is 5.32 Å². The van der Waals surface area contributed by atoms with Gasteiger partial charge in [-0.15, -0.1) is 11.8 Å². The Bertz CT molecular complexity index is 426. The monoisotopic (exact) mass is 287 g/mol. The van der Waals surface area contributed by atoms with Crippen LogP contribution in [0.1, 0.15) is 5.56 Å². The number of rotatable bonds is 7. The maximum absolute atomic E-state index is 11.3. The highest BCUT2D eigenvalue weighted by Crippen LogP contribution is 2.14. The van der Waals surface area contributed by atoms with Crippen LogP contribution in [-0.4, -0.2) is 35.0 Å². The van der Waals surface area contributed by atoms with Gasteiger partial charge in [0.05, 0.1) is 11.5 Å². The highest BCUT2D eigenvalue weighted by atomic mass is 35.5. The fourth-order valence-corrected chi connectivity index (χ4v) is 2.11. The first kappa shape index (κ1) is 14.9. The maximum Gasteiger partial charge on any atom is 0.313 e. The van der Waals surface area contributed by atoms with Crippen molar-refractivity contribution in [3.05, 3.63) is 34.9 Å². The number of amides is 1. The van der Waals surface area contributed by atoms with Crippen molar-refractivity contribution in [1.82, 2.24) is 5.32 Å². The van der Waals surface area contributed by atoms with Crippen LogP contribution in [0.25, 0.3) is 0 Å². The summed E-state index contributed by atoms with van der Waals surface area (Å²) in [5.74, 6) is -0.968. The number of halogens is 1. The minimum absolute atomic E-state index is 0.0576. The van der Waals surface area contributed by atoms with Crippen molar-refractivity contribution in [2.45, 2.75) is 6.42 Å². The molecule has 0 fully saturated rings. The van der Waals surface area contributed by atoms with Gasteiger partial charge in [0.2, 0.25) is 5.91 Å². The fraction of sp³-hybridized carbons (Fsp3) is 0.333. The predicted octanol–water partition coefficient (Wildman–Crippen LogP) is 1.82. The largest absolute Gasteiger partial charge is 0.481 e. The van der Waals surface area contributed by atoms with Crippen molar-refractivity contribution in [2.24, 2.45) is 0 Å². The fourth-order valence-electron chi connectivity index (χ4n) is 1.32. The van der Waals surface area contributed by atoms with E-state index in [-0.39, 0.29) is 17.4 Å². The highest BCUT2D eigenvalue weighted by Gasteiger charge is 2.04. The Labute approximate surface area is 115 Å². The molecule has 0 heterocycles. The van der Waals surface area contributed by atoms with Crippen LogP contribution >= 0.6 is 23.4 Å². The molecule has 0 aliphatic carbocycles. The van der Waals surface area contributed by atoms with Crippen molar-refractivity contribution >= 4 is 35.2 Å². The minimum atomic E-state index is -0.913. The van der Waals surface area contributed by atoms with Gasteiger partial charge in [0, 0.05) is 11.6 Å². The van der Waals surface area contributed by atoms with Crippen molar-refractivity contribution in [3.63, 3.8) is 0 Å². The molecule has 1 aromatic carbocycles. The third-order valence-electron chi connectivity index (χ3n) is 2.13. The molecule has 0 aromatic heterocycles. The second-order valence-electron chi connectivity index (χ2n) is 3.58. The van der Waals surface area contributed by atoms with E-state index >= 15 is 0 Å². The summed E-state index contributed by atoms with van der Waals surface area (Å²) in [5.41, 5.74) is 0.984. The first-order valence-electron chi connectivity index (χ1n) is 5.39. The number of carbonyl (C=O) groups is 2. The second-order valence-corrected chi connectivity index (χ2v) is 4.97. The van der Waals surface area contributed by atoms with E-state index in [0.29, 0.717) is 18.0 Å². The molecule has 1 amide bonds. The molecule has 4 nitrogen and oxygen atoms in total. The number of carbonyl (C=O) groups excluding carboxylic acids is 1. The third kappa shape index (κ3) is 5.93. The molecular formula is C12H14ClNO3S. The number of benzene rings is 1. The van der Waals surface area contributed by atoms with Crippen molar-refractivity contribution < 1.29 is 14.7 Å². The normalized spacial score (nSPS) is 10.1. The summed E-state index contributed by atoms with van der Waals surface area (Å²) in [6.07, 6.45) is 0.662. The molecule has 1 aromatic rings. The van der Waals surface area contributed by atoms with E-state index in [1.807, 2.05) is 18.2 Å². The standard InChI is InChI=1S/C12H14ClNO3S/c13-10-4-2-1-3-9(10)5-6-14-11(15)7-18-8-12(16)17/h1-4H,5-8H2,(H,14,15)(H,16,17). The topological polar surface area (TPSA) is 66.4 Å². The Hall–Kier alpha value is -1.20. The third-order valence-corrected chi connectivity index (χ3v) is 3.42. The molecular weight excluding hydrogens is 274 g/mol. The van der Waals surface area contributed by atoms with Gasteiger partial charge in [-0.3, -0.25) is 9.59 Å². The zero-order valence-corrected chi connectivity index (χ0v) is 11.3. The molecule has 0 aliphatic rings. The molecule has 0 bridgehead atoms. The lowest BCUT2D eigenvalue weighted by Gasteiger charge is -2.06. The molecule has 1 rings (SSSR count). The number of carboxylic acids is 1. The van der Waals surface area contributed by atoms with E-state index in [1.54, 1.807) is 6.07 Å². The molecule has 18 heavy (non-hydrogen) atoms. The molecule has 0 atom stereocenters. The van der Waals surface area contributed by atoms with Gasteiger partial charge in [0.15, 0.2) is 0 Å². The van der Waals surface area contributed by atoms with Gasteiger partial charge in [-0.1, -0.05) is 29.8 Å². The molecule has 0 unspecified atom stereocenters. The van der Waals surface area contributed by atoms with Gasteiger partial charge in [-0.2, -0.15) is 0 Å². The Kier molecular flexibility index (Phi) is 6.60.